The Morgan fingerprint density at radius 2 is 1.45 bits per heavy atom. The molecule has 0 fully saturated rings. The van der Waals surface area contributed by atoms with Gasteiger partial charge >= 0.3 is 0 Å². The summed E-state index contributed by atoms with van der Waals surface area (Å²) in [5.41, 5.74) is 3.17. The lowest BCUT2D eigenvalue weighted by atomic mass is 10.1. The predicted molar refractivity (Wildman–Crippen MR) is 79.5 cm³/mol. The molecule has 0 spiro atoms. The molecule has 3 rings (SSSR count). The molecule has 0 saturated carbocycles. The lowest BCUT2D eigenvalue weighted by Gasteiger charge is -1.98. The van der Waals surface area contributed by atoms with Crippen molar-refractivity contribution in [3.05, 3.63) is 66.4 Å². The van der Waals surface area contributed by atoms with Gasteiger partial charge in [0, 0.05) is 18.1 Å². The van der Waals surface area contributed by atoms with E-state index in [1.165, 1.54) is 0 Å². The highest BCUT2D eigenvalue weighted by Gasteiger charge is 2.16. The number of nitrogens with zero attached hydrogens (tertiary/aromatic N) is 1. The molecular weight excluding hydrogens is 248 g/mol. The number of carbonyl (C=O) groups excluding carboxylic acids is 1. The molecule has 0 aliphatic carbocycles. The quantitative estimate of drug-likeness (QED) is 0.726. The molecule has 3 nitrogen and oxygen atoms in total. The zero-order valence-corrected chi connectivity index (χ0v) is 11.1. The standard InChI is InChI=1S/C17H14N2O/c1-12(20)15-16(13-8-4-2-5-9-13)19-17(18-15)14-10-6-3-7-11-14/h2-11H,1H3,(H,18,19). The number of imidazole rings is 1. The summed E-state index contributed by atoms with van der Waals surface area (Å²) in [6, 6.07) is 19.5. The van der Waals surface area contributed by atoms with Crippen LogP contribution in [0.1, 0.15) is 17.4 Å². The fourth-order valence-corrected chi connectivity index (χ4v) is 2.17. The fourth-order valence-electron chi connectivity index (χ4n) is 2.17. The highest BCUT2D eigenvalue weighted by Crippen LogP contribution is 2.26. The number of ketones is 1. The van der Waals surface area contributed by atoms with Crippen molar-refractivity contribution in [3.63, 3.8) is 0 Å². The largest absolute Gasteiger partial charge is 0.335 e. The first-order valence-corrected chi connectivity index (χ1v) is 6.47. The van der Waals surface area contributed by atoms with Crippen molar-refractivity contribution >= 4 is 5.78 Å². The van der Waals surface area contributed by atoms with E-state index in [9.17, 15) is 4.79 Å². The summed E-state index contributed by atoms with van der Waals surface area (Å²) in [6.07, 6.45) is 0. The molecule has 98 valence electrons. The molecule has 0 amide bonds. The number of H-pyrrole nitrogens is 1. The van der Waals surface area contributed by atoms with Crippen LogP contribution in [-0.4, -0.2) is 15.8 Å². The fraction of sp³-hybridized carbons (Fsp3) is 0.0588. The van der Waals surface area contributed by atoms with Gasteiger partial charge in [0.25, 0.3) is 0 Å². The minimum Gasteiger partial charge on any atom is -0.335 e. The molecule has 3 aromatic rings. The number of carbonyl (C=O) groups is 1. The van der Waals surface area contributed by atoms with Gasteiger partial charge in [0.05, 0.1) is 5.69 Å². The third kappa shape index (κ3) is 2.26. The third-order valence-corrected chi connectivity index (χ3v) is 3.15. The number of aromatic amines is 1. The molecule has 0 unspecified atom stereocenters. The molecule has 0 bridgehead atoms. The molecule has 1 heterocycles. The number of aromatic nitrogens is 2. The number of nitrogens with one attached hydrogen (secondary N) is 1. The Bertz CT molecular complexity index is 730. The smallest absolute Gasteiger partial charge is 0.178 e. The number of rotatable bonds is 3. The summed E-state index contributed by atoms with van der Waals surface area (Å²) in [5.74, 6) is 0.702. The number of Topliss-reactive ketones (excluding diaryl/α,β-unsaturated/α-hetero) is 1. The normalized spacial score (nSPS) is 10.4. The first-order valence-electron chi connectivity index (χ1n) is 6.47. The Kier molecular flexibility index (Phi) is 3.17. The lowest BCUT2D eigenvalue weighted by molar-refractivity contribution is 0.101. The van der Waals surface area contributed by atoms with Crippen LogP contribution in [0.2, 0.25) is 0 Å². The lowest BCUT2D eigenvalue weighted by Crippen LogP contribution is -1.95. The molecule has 3 heteroatoms. The number of benzene rings is 2. The summed E-state index contributed by atoms with van der Waals surface area (Å²) in [6.45, 7) is 1.55. The molecule has 0 aliphatic rings. The van der Waals surface area contributed by atoms with Crippen LogP contribution in [0.15, 0.2) is 60.7 Å². The first-order chi connectivity index (χ1) is 9.75. The first kappa shape index (κ1) is 12.4. The van der Waals surface area contributed by atoms with Crippen molar-refractivity contribution in [2.24, 2.45) is 0 Å². The van der Waals surface area contributed by atoms with Crippen molar-refractivity contribution in [1.29, 1.82) is 0 Å². The molecule has 0 atom stereocenters. The van der Waals surface area contributed by atoms with E-state index >= 15 is 0 Å². The highest BCUT2D eigenvalue weighted by atomic mass is 16.1. The SMILES string of the molecule is CC(=O)c1[nH]c(-c2ccccc2)nc1-c1ccccc1. The molecule has 20 heavy (non-hydrogen) atoms. The summed E-state index contributed by atoms with van der Waals surface area (Å²) < 4.78 is 0. The van der Waals surface area contributed by atoms with Crippen LogP contribution in [-0.2, 0) is 0 Å². The maximum atomic E-state index is 11.8. The van der Waals surface area contributed by atoms with Gasteiger partial charge in [-0.15, -0.1) is 0 Å². The minimum absolute atomic E-state index is 0.0152. The van der Waals surface area contributed by atoms with Crippen LogP contribution < -0.4 is 0 Å². The minimum atomic E-state index is -0.0152. The molecule has 0 radical (unpaired) electrons. The van der Waals surface area contributed by atoms with E-state index in [0.29, 0.717) is 11.4 Å². The predicted octanol–water partition coefficient (Wildman–Crippen LogP) is 3.95. The van der Waals surface area contributed by atoms with Gasteiger partial charge in [0.1, 0.15) is 11.5 Å². The average Bonchev–Trinajstić information content (AvgIpc) is 2.94. The van der Waals surface area contributed by atoms with E-state index in [0.717, 1.165) is 17.0 Å². The van der Waals surface area contributed by atoms with E-state index < -0.39 is 0 Å². The Balaban J connectivity index is 2.15. The van der Waals surface area contributed by atoms with Gasteiger partial charge < -0.3 is 4.98 Å². The Morgan fingerprint density at radius 3 is 2.00 bits per heavy atom. The monoisotopic (exact) mass is 262 g/mol. The molecule has 0 saturated heterocycles. The zero-order chi connectivity index (χ0) is 13.9. The molecular formula is C17H14N2O. The van der Waals surface area contributed by atoms with Gasteiger partial charge in [0.15, 0.2) is 5.78 Å². The van der Waals surface area contributed by atoms with E-state index in [2.05, 4.69) is 9.97 Å². The van der Waals surface area contributed by atoms with Crippen molar-refractivity contribution in [2.75, 3.05) is 0 Å². The number of hydrogen-bond donors (Lipinski definition) is 1. The third-order valence-electron chi connectivity index (χ3n) is 3.15. The summed E-state index contributed by atoms with van der Waals surface area (Å²) in [7, 11) is 0. The van der Waals surface area contributed by atoms with Gasteiger partial charge in [-0.3, -0.25) is 4.79 Å². The van der Waals surface area contributed by atoms with Gasteiger partial charge in [-0.1, -0.05) is 60.7 Å². The van der Waals surface area contributed by atoms with Crippen LogP contribution in [0.25, 0.3) is 22.6 Å². The van der Waals surface area contributed by atoms with Crippen LogP contribution in [0.4, 0.5) is 0 Å². The van der Waals surface area contributed by atoms with E-state index in [1.807, 2.05) is 60.7 Å². The van der Waals surface area contributed by atoms with Crippen LogP contribution in [0.3, 0.4) is 0 Å². The van der Waals surface area contributed by atoms with Gasteiger partial charge in [-0.05, 0) is 0 Å². The summed E-state index contributed by atoms with van der Waals surface area (Å²) >= 11 is 0. The molecule has 1 N–H and O–H groups in total. The van der Waals surface area contributed by atoms with E-state index in [-0.39, 0.29) is 5.78 Å². The highest BCUT2D eigenvalue weighted by molar-refractivity contribution is 5.98. The van der Waals surface area contributed by atoms with Gasteiger partial charge in [-0.2, -0.15) is 0 Å². The zero-order valence-electron chi connectivity index (χ0n) is 11.1. The second-order valence-electron chi connectivity index (χ2n) is 4.60. The second kappa shape index (κ2) is 5.13. The maximum absolute atomic E-state index is 11.8. The van der Waals surface area contributed by atoms with Crippen molar-refractivity contribution in [3.8, 4) is 22.6 Å². The van der Waals surface area contributed by atoms with E-state index in [1.54, 1.807) is 6.92 Å². The topological polar surface area (TPSA) is 45.8 Å². The van der Waals surface area contributed by atoms with Crippen LogP contribution in [0, 0.1) is 0 Å². The summed E-state index contributed by atoms with van der Waals surface area (Å²) in [4.78, 5) is 19.5. The Morgan fingerprint density at radius 1 is 0.900 bits per heavy atom. The summed E-state index contributed by atoms with van der Waals surface area (Å²) in [5, 5.41) is 0. The van der Waals surface area contributed by atoms with Crippen LogP contribution >= 0.6 is 0 Å². The van der Waals surface area contributed by atoms with Gasteiger partial charge in [0.2, 0.25) is 0 Å². The maximum Gasteiger partial charge on any atom is 0.178 e. The molecule has 0 aliphatic heterocycles. The second-order valence-corrected chi connectivity index (χ2v) is 4.60. The molecule has 1 aromatic heterocycles. The van der Waals surface area contributed by atoms with E-state index in [4.69, 9.17) is 0 Å². The Hall–Kier alpha value is -2.68. The van der Waals surface area contributed by atoms with Crippen molar-refractivity contribution in [2.45, 2.75) is 6.92 Å². The average molecular weight is 262 g/mol. The van der Waals surface area contributed by atoms with Crippen molar-refractivity contribution < 1.29 is 4.79 Å². The Labute approximate surface area is 117 Å². The van der Waals surface area contributed by atoms with Crippen molar-refractivity contribution in [1.82, 2.24) is 9.97 Å². The molecule has 2 aromatic carbocycles. The number of hydrogen-bond acceptors (Lipinski definition) is 2. The van der Waals surface area contributed by atoms with Gasteiger partial charge in [-0.25, -0.2) is 4.98 Å². The van der Waals surface area contributed by atoms with Crippen LogP contribution in [0.5, 0.6) is 0 Å².